The predicted molar refractivity (Wildman–Crippen MR) is 71.2 cm³/mol. The number of rotatable bonds is 4. The Morgan fingerprint density at radius 1 is 1.53 bits per heavy atom. The topological polar surface area (TPSA) is 46.9 Å². The lowest BCUT2D eigenvalue weighted by Gasteiger charge is -2.12. The highest BCUT2D eigenvalue weighted by atomic mass is 79.9. The smallest absolute Gasteiger partial charge is 0.267 e. The number of aryl methyl sites for hydroxylation is 1. The molecule has 1 fully saturated rings. The zero-order valence-corrected chi connectivity index (χ0v) is 11.7. The Morgan fingerprint density at radius 3 is 2.94 bits per heavy atom. The molecule has 0 amide bonds. The third-order valence-electron chi connectivity index (χ3n) is 3.30. The molecule has 0 saturated heterocycles. The fourth-order valence-corrected chi connectivity index (χ4v) is 2.55. The molecule has 1 heterocycles. The van der Waals surface area contributed by atoms with Gasteiger partial charge in [0.15, 0.2) is 0 Å². The average molecular weight is 300 g/mol. The molecule has 5 heteroatoms. The number of aromatic nitrogens is 2. The van der Waals surface area contributed by atoms with Gasteiger partial charge in [-0.2, -0.15) is 0 Å². The van der Waals surface area contributed by atoms with E-state index in [1.54, 1.807) is 10.9 Å². The van der Waals surface area contributed by atoms with Crippen molar-refractivity contribution in [1.29, 1.82) is 0 Å². The molecular weight excluding hydrogens is 282 g/mol. The van der Waals surface area contributed by atoms with E-state index in [0.29, 0.717) is 17.1 Å². The van der Waals surface area contributed by atoms with Crippen molar-refractivity contribution in [1.82, 2.24) is 14.9 Å². The summed E-state index contributed by atoms with van der Waals surface area (Å²) in [6.07, 6.45) is 6.82. The number of nitrogens with zero attached hydrogens (tertiary/aromatic N) is 2. The first-order chi connectivity index (χ1) is 8.18. The lowest BCUT2D eigenvalue weighted by Crippen LogP contribution is -2.32. The Balaban J connectivity index is 1.90. The quantitative estimate of drug-likeness (QED) is 0.923. The van der Waals surface area contributed by atoms with E-state index in [2.05, 4.69) is 26.2 Å². The van der Waals surface area contributed by atoms with Crippen LogP contribution in [0.4, 0.5) is 0 Å². The zero-order chi connectivity index (χ0) is 12.3. The SMILES string of the molecule is Cc1ncn(CCNC2CCCC2)c(=O)c1Br. The Bertz CT molecular complexity index is 438. The van der Waals surface area contributed by atoms with Gasteiger partial charge in [0.05, 0.1) is 12.0 Å². The molecule has 1 N–H and O–H groups in total. The highest BCUT2D eigenvalue weighted by Gasteiger charge is 2.13. The lowest BCUT2D eigenvalue weighted by atomic mass is 10.2. The average Bonchev–Trinajstić information content (AvgIpc) is 2.82. The van der Waals surface area contributed by atoms with Crippen molar-refractivity contribution in [2.45, 2.75) is 45.2 Å². The maximum absolute atomic E-state index is 11.9. The summed E-state index contributed by atoms with van der Waals surface area (Å²) in [5.41, 5.74) is 0.751. The summed E-state index contributed by atoms with van der Waals surface area (Å²) < 4.78 is 2.22. The predicted octanol–water partition coefficient (Wildman–Crippen LogP) is 1.85. The van der Waals surface area contributed by atoms with Gasteiger partial charge in [0.2, 0.25) is 0 Å². The minimum Gasteiger partial charge on any atom is -0.312 e. The van der Waals surface area contributed by atoms with E-state index < -0.39 is 0 Å². The molecule has 0 spiro atoms. The fourth-order valence-electron chi connectivity index (χ4n) is 2.22. The van der Waals surface area contributed by atoms with Crippen LogP contribution in [-0.2, 0) is 6.54 Å². The van der Waals surface area contributed by atoms with Crippen molar-refractivity contribution < 1.29 is 0 Å². The van der Waals surface area contributed by atoms with Crippen molar-refractivity contribution in [3.63, 3.8) is 0 Å². The van der Waals surface area contributed by atoms with Gasteiger partial charge in [0, 0.05) is 19.1 Å². The van der Waals surface area contributed by atoms with Crippen LogP contribution in [0, 0.1) is 6.92 Å². The minimum atomic E-state index is 0.00530. The highest BCUT2D eigenvalue weighted by molar-refractivity contribution is 9.10. The van der Waals surface area contributed by atoms with Gasteiger partial charge in [0.25, 0.3) is 5.56 Å². The third kappa shape index (κ3) is 3.16. The second kappa shape index (κ2) is 5.78. The molecule has 1 aromatic heterocycles. The maximum Gasteiger partial charge on any atom is 0.267 e. The van der Waals surface area contributed by atoms with Crippen LogP contribution < -0.4 is 10.9 Å². The third-order valence-corrected chi connectivity index (χ3v) is 4.21. The first-order valence-electron chi connectivity index (χ1n) is 6.13. The summed E-state index contributed by atoms with van der Waals surface area (Å²) in [4.78, 5) is 16.0. The monoisotopic (exact) mass is 299 g/mol. The summed E-state index contributed by atoms with van der Waals surface area (Å²) in [6, 6.07) is 0.646. The molecule has 0 unspecified atom stereocenters. The van der Waals surface area contributed by atoms with Crippen LogP contribution in [0.1, 0.15) is 31.4 Å². The summed E-state index contributed by atoms with van der Waals surface area (Å²) in [6.45, 7) is 3.34. The van der Waals surface area contributed by atoms with Gasteiger partial charge >= 0.3 is 0 Å². The lowest BCUT2D eigenvalue weighted by molar-refractivity contribution is 0.489. The van der Waals surface area contributed by atoms with Crippen molar-refractivity contribution >= 4 is 15.9 Å². The van der Waals surface area contributed by atoms with Crippen molar-refractivity contribution in [2.24, 2.45) is 0 Å². The molecule has 0 bridgehead atoms. The van der Waals surface area contributed by atoms with Crippen LogP contribution in [0.2, 0.25) is 0 Å². The normalized spacial score (nSPS) is 16.6. The molecule has 4 nitrogen and oxygen atoms in total. The number of hydrogen-bond donors (Lipinski definition) is 1. The zero-order valence-electron chi connectivity index (χ0n) is 10.1. The van der Waals surface area contributed by atoms with Gasteiger partial charge in [-0.1, -0.05) is 12.8 Å². The largest absolute Gasteiger partial charge is 0.312 e. The van der Waals surface area contributed by atoms with Crippen LogP contribution in [0.5, 0.6) is 0 Å². The van der Waals surface area contributed by atoms with Gasteiger partial charge in [0.1, 0.15) is 4.47 Å². The van der Waals surface area contributed by atoms with Crippen LogP contribution >= 0.6 is 15.9 Å². The maximum atomic E-state index is 11.9. The van der Waals surface area contributed by atoms with E-state index in [9.17, 15) is 4.79 Å². The Kier molecular flexibility index (Phi) is 4.34. The molecule has 1 saturated carbocycles. The van der Waals surface area contributed by atoms with Crippen molar-refractivity contribution in [2.75, 3.05) is 6.54 Å². The Labute approximate surface area is 110 Å². The summed E-state index contributed by atoms with van der Waals surface area (Å²) >= 11 is 3.27. The molecule has 0 aromatic carbocycles. The van der Waals surface area contributed by atoms with Crippen LogP contribution in [-0.4, -0.2) is 22.1 Å². The molecule has 1 aliphatic rings. The standard InChI is InChI=1S/C12H18BrN3O/c1-9-11(13)12(17)16(8-15-9)7-6-14-10-4-2-3-5-10/h8,10,14H,2-7H2,1H3. The van der Waals surface area contributed by atoms with Gasteiger partial charge in [-0.25, -0.2) is 4.98 Å². The van der Waals surface area contributed by atoms with Gasteiger partial charge in [-0.05, 0) is 35.7 Å². The molecule has 0 atom stereocenters. The summed E-state index contributed by atoms with van der Waals surface area (Å²) in [7, 11) is 0. The van der Waals surface area contributed by atoms with E-state index in [1.165, 1.54) is 25.7 Å². The second-order valence-corrected chi connectivity index (χ2v) is 5.37. The van der Waals surface area contributed by atoms with Crippen molar-refractivity contribution in [3.05, 3.63) is 26.8 Å². The molecule has 94 valence electrons. The first-order valence-corrected chi connectivity index (χ1v) is 6.92. The summed E-state index contributed by atoms with van der Waals surface area (Å²) in [5, 5.41) is 3.49. The van der Waals surface area contributed by atoms with E-state index in [-0.39, 0.29) is 5.56 Å². The molecule has 1 aliphatic carbocycles. The van der Waals surface area contributed by atoms with Gasteiger partial charge < -0.3 is 5.32 Å². The Morgan fingerprint density at radius 2 is 2.24 bits per heavy atom. The minimum absolute atomic E-state index is 0.00530. The van der Waals surface area contributed by atoms with Gasteiger partial charge in [-0.15, -0.1) is 0 Å². The van der Waals surface area contributed by atoms with E-state index in [0.717, 1.165) is 12.2 Å². The number of nitrogens with one attached hydrogen (secondary N) is 1. The number of hydrogen-bond acceptors (Lipinski definition) is 3. The van der Waals surface area contributed by atoms with E-state index in [4.69, 9.17) is 0 Å². The molecular formula is C12H18BrN3O. The highest BCUT2D eigenvalue weighted by Crippen LogP contribution is 2.17. The molecule has 0 radical (unpaired) electrons. The van der Waals surface area contributed by atoms with Crippen LogP contribution in [0.15, 0.2) is 15.6 Å². The first kappa shape index (κ1) is 12.8. The molecule has 1 aromatic rings. The van der Waals surface area contributed by atoms with E-state index in [1.807, 2.05) is 6.92 Å². The fraction of sp³-hybridized carbons (Fsp3) is 0.667. The van der Waals surface area contributed by atoms with Gasteiger partial charge in [-0.3, -0.25) is 9.36 Å². The number of halogens is 1. The molecule has 17 heavy (non-hydrogen) atoms. The molecule has 0 aliphatic heterocycles. The summed E-state index contributed by atoms with van der Waals surface area (Å²) in [5.74, 6) is 0. The van der Waals surface area contributed by atoms with Crippen molar-refractivity contribution in [3.8, 4) is 0 Å². The van der Waals surface area contributed by atoms with Crippen LogP contribution in [0.25, 0.3) is 0 Å². The Hall–Kier alpha value is -0.680. The van der Waals surface area contributed by atoms with Crippen LogP contribution in [0.3, 0.4) is 0 Å². The molecule has 2 rings (SSSR count). The van der Waals surface area contributed by atoms with E-state index >= 15 is 0 Å². The second-order valence-electron chi connectivity index (χ2n) is 4.58.